The number of hydrogen-bond acceptors (Lipinski definition) is 4. The standard InChI is InChI=1S/C12H12N2O2S/c1-8-5-3-4-6-9(8)11(15)14-10-7-13-12(16-2)17-10/h3-7H,1-2H3,(H,14,15). The van der Waals surface area contributed by atoms with Crippen molar-refractivity contribution in [2.45, 2.75) is 6.92 Å². The lowest BCUT2D eigenvalue weighted by atomic mass is 10.1. The van der Waals surface area contributed by atoms with Gasteiger partial charge in [-0.15, -0.1) is 0 Å². The SMILES string of the molecule is COc1ncc(NC(=O)c2ccccc2C)s1. The van der Waals surface area contributed by atoms with E-state index < -0.39 is 0 Å². The van der Waals surface area contributed by atoms with Crippen LogP contribution in [0.4, 0.5) is 5.00 Å². The van der Waals surface area contributed by atoms with Crippen LogP contribution in [0.5, 0.6) is 5.19 Å². The Morgan fingerprint density at radius 1 is 1.41 bits per heavy atom. The average Bonchev–Trinajstić information content (AvgIpc) is 2.77. The maximum Gasteiger partial charge on any atom is 0.274 e. The van der Waals surface area contributed by atoms with E-state index in [0.29, 0.717) is 15.8 Å². The van der Waals surface area contributed by atoms with Crippen molar-refractivity contribution in [3.63, 3.8) is 0 Å². The third kappa shape index (κ3) is 2.62. The van der Waals surface area contributed by atoms with Gasteiger partial charge < -0.3 is 10.1 Å². The highest BCUT2D eigenvalue weighted by Gasteiger charge is 2.10. The number of aryl methyl sites for hydroxylation is 1. The lowest BCUT2D eigenvalue weighted by molar-refractivity contribution is 0.102. The summed E-state index contributed by atoms with van der Waals surface area (Å²) in [4.78, 5) is 15.9. The van der Waals surface area contributed by atoms with E-state index in [1.54, 1.807) is 19.4 Å². The van der Waals surface area contributed by atoms with Crippen molar-refractivity contribution < 1.29 is 9.53 Å². The molecule has 1 aromatic carbocycles. The second kappa shape index (κ2) is 4.97. The Kier molecular flexibility index (Phi) is 3.39. The number of thiazole rings is 1. The number of methoxy groups -OCH3 is 1. The highest BCUT2D eigenvalue weighted by Crippen LogP contribution is 2.25. The van der Waals surface area contributed by atoms with E-state index in [1.807, 2.05) is 25.1 Å². The molecule has 0 unspecified atom stereocenters. The zero-order valence-electron chi connectivity index (χ0n) is 9.56. The van der Waals surface area contributed by atoms with E-state index in [1.165, 1.54) is 11.3 Å². The Morgan fingerprint density at radius 2 is 2.18 bits per heavy atom. The number of aromatic nitrogens is 1. The Labute approximate surface area is 103 Å². The minimum absolute atomic E-state index is 0.130. The molecule has 2 rings (SSSR count). The highest BCUT2D eigenvalue weighted by atomic mass is 32.1. The molecule has 0 spiro atoms. The molecule has 2 aromatic rings. The Bertz CT molecular complexity index is 537. The third-order valence-corrected chi connectivity index (χ3v) is 3.16. The summed E-state index contributed by atoms with van der Waals surface area (Å²) in [6.45, 7) is 1.90. The summed E-state index contributed by atoms with van der Waals surface area (Å²) in [5.41, 5.74) is 1.61. The average molecular weight is 248 g/mol. The number of carbonyl (C=O) groups is 1. The maximum absolute atomic E-state index is 12.0. The smallest absolute Gasteiger partial charge is 0.274 e. The van der Waals surface area contributed by atoms with Gasteiger partial charge >= 0.3 is 0 Å². The number of hydrogen-bond donors (Lipinski definition) is 1. The number of rotatable bonds is 3. The van der Waals surface area contributed by atoms with Gasteiger partial charge in [-0.25, -0.2) is 4.98 Å². The van der Waals surface area contributed by atoms with E-state index in [2.05, 4.69) is 10.3 Å². The van der Waals surface area contributed by atoms with Crippen molar-refractivity contribution in [1.82, 2.24) is 4.98 Å². The Morgan fingerprint density at radius 3 is 2.82 bits per heavy atom. The van der Waals surface area contributed by atoms with Crippen LogP contribution in [0.25, 0.3) is 0 Å². The Balaban J connectivity index is 2.14. The number of ether oxygens (including phenoxy) is 1. The minimum Gasteiger partial charge on any atom is -0.473 e. The van der Waals surface area contributed by atoms with Gasteiger partial charge in [0.1, 0.15) is 5.00 Å². The van der Waals surface area contributed by atoms with Gasteiger partial charge in [0.05, 0.1) is 13.3 Å². The molecule has 1 N–H and O–H groups in total. The largest absolute Gasteiger partial charge is 0.473 e. The lowest BCUT2D eigenvalue weighted by Gasteiger charge is -2.04. The van der Waals surface area contributed by atoms with Crippen LogP contribution >= 0.6 is 11.3 Å². The van der Waals surface area contributed by atoms with E-state index in [4.69, 9.17) is 4.74 Å². The third-order valence-electron chi connectivity index (χ3n) is 2.29. The van der Waals surface area contributed by atoms with Crippen molar-refractivity contribution >= 4 is 22.2 Å². The van der Waals surface area contributed by atoms with Crippen LogP contribution in [0.3, 0.4) is 0 Å². The molecule has 0 aliphatic heterocycles. The summed E-state index contributed by atoms with van der Waals surface area (Å²) in [6, 6.07) is 7.45. The van der Waals surface area contributed by atoms with Crippen LogP contribution in [-0.4, -0.2) is 18.0 Å². The second-order valence-corrected chi connectivity index (χ2v) is 4.46. The molecule has 0 fully saturated rings. The van der Waals surface area contributed by atoms with Gasteiger partial charge in [-0.2, -0.15) is 0 Å². The van der Waals surface area contributed by atoms with Crippen molar-refractivity contribution in [1.29, 1.82) is 0 Å². The van der Waals surface area contributed by atoms with Gasteiger partial charge in [-0.3, -0.25) is 4.79 Å². The van der Waals surface area contributed by atoms with Crippen LogP contribution in [-0.2, 0) is 0 Å². The number of nitrogens with zero attached hydrogens (tertiary/aromatic N) is 1. The number of nitrogens with one attached hydrogen (secondary N) is 1. The fourth-order valence-corrected chi connectivity index (χ4v) is 2.04. The van der Waals surface area contributed by atoms with Crippen molar-refractivity contribution in [2.75, 3.05) is 12.4 Å². The summed E-state index contributed by atoms with van der Waals surface area (Å²) < 4.78 is 4.96. The van der Waals surface area contributed by atoms with Crippen LogP contribution in [0.1, 0.15) is 15.9 Å². The molecule has 5 heteroatoms. The molecular formula is C12H12N2O2S. The molecule has 0 aliphatic carbocycles. The molecule has 1 heterocycles. The van der Waals surface area contributed by atoms with Crippen molar-refractivity contribution in [3.8, 4) is 5.19 Å². The predicted octanol–water partition coefficient (Wildman–Crippen LogP) is 2.71. The fraction of sp³-hybridized carbons (Fsp3) is 0.167. The molecule has 0 radical (unpaired) electrons. The molecule has 0 saturated carbocycles. The molecule has 1 aromatic heterocycles. The summed E-state index contributed by atoms with van der Waals surface area (Å²) in [6.07, 6.45) is 1.58. The van der Waals surface area contributed by atoms with Gasteiger partial charge in [0.15, 0.2) is 0 Å². The second-order valence-electron chi connectivity index (χ2n) is 3.46. The Hall–Kier alpha value is -1.88. The van der Waals surface area contributed by atoms with E-state index >= 15 is 0 Å². The quantitative estimate of drug-likeness (QED) is 0.908. The van der Waals surface area contributed by atoms with E-state index in [0.717, 1.165) is 5.56 Å². The molecule has 1 amide bonds. The normalized spacial score (nSPS) is 10.0. The van der Waals surface area contributed by atoms with E-state index in [9.17, 15) is 4.79 Å². The van der Waals surface area contributed by atoms with Crippen LogP contribution in [0, 0.1) is 6.92 Å². The first kappa shape index (κ1) is 11.6. The predicted molar refractivity (Wildman–Crippen MR) is 67.8 cm³/mol. The topological polar surface area (TPSA) is 51.2 Å². The summed E-state index contributed by atoms with van der Waals surface area (Å²) in [5, 5.41) is 4.00. The highest BCUT2D eigenvalue weighted by molar-refractivity contribution is 7.17. The van der Waals surface area contributed by atoms with Crippen LogP contribution in [0.2, 0.25) is 0 Å². The number of amides is 1. The first-order chi connectivity index (χ1) is 8.20. The number of anilines is 1. The summed E-state index contributed by atoms with van der Waals surface area (Å²) >= 11 is 1.30. The van der Waals surface area contributed by atoms with Crippen LogP contribution in [0.15, 0.2) is 30.5 Å². The molecular weight excluding hydrogens is 236 g/mol. The van der Waals surface area contributed by atoms with Gasteiger partial charge in [-0.1, -0.05) is 29.5 Å². The maximum atomic E-state index is 12.0. The monoisotopic (exact) mass is 248 g/mol. The first-order valence-electron chi connectivity index (χ1n) is 5.07. The number of carbonyl (C=O) groups excluding carboxylic acids is 1. The molecule has 88 valence electrons. The first-order valence-corrected chi connectivity index (χ1v) is 5.89. The van der Waals surface area contributed by atoms with Crippen LogP contribution < -0.4 is 10.1 Å². The van der Waals surface area contributed by atoms with Crippen molar-refractivity contribution in [2.24, 2.45) is 0 Å². The zero-order chi connectivity index (χ0) is 12.3. The summed E-state index contributed by atoms with van der Waals surface area (Å²) in [5.74, 6) is -0.130. The fourth-order valence-electron chi connectivity index (χ4n) is 1.42. The molecule has 17 heavy (non-hydrogen) atoms. The lowest BCUT2D eigenvalue weighted by Crippen LogP contribution is -2.12. The van der Waals surface area contributed by atoms with Gasteiger partial charge in [0.2, 0.25) is 0 Å². The van der Waals surface area contributed by atoms with Crippen molar-refractivity contribution in [3.05, 3.63) is 41.6 Å². The van der Waals surface area contributed by atoms with Gasteiger partial charge in [0.25, 0.3) is 11.1 Å². The minimum atomic E-state index is -0.130. The van der Waals surface area contributed by atoms with Gasteiger partial charge in [0, 0.05) is 5.56 Å². The van der Waals surface area contributed by atoms with E-state index in [-0.39, 0.29) is 5.91 Å². The molecule has 0 atom stereocenters. The van der Waals surface area contributed by atoms with Gasteiger partial charge in [-0.05, 0) is 18.6 Å². The molecule has 0 saturated heterocycles. The number of benzene rings is 1. The molecule has 4 nitrogen and oxygen atoms in total. The zero-order valence-corrected chi connectivity index (χ0v) is 10.4. The molecule has 0 aliphatic rings. The summed E-state index contributed by atoms with van der Waals surface area (Å²) in [7, 11) is 1.55. The molecule has 0 bridgehead atoms.